The molecule has 0 spiro atoms. The van der Waals surface area contributed by atoms with E-state index in [4.69, 9.17) is 0 Å². The van der Waals surface area contributed by atoms with Crippen molar-refractivity contribution in [1.82, 2.24) is 25.5 Å². The lowest BCUT2D eigenvalue weighted by Crippen LogP contribution is -2.26. The van der Waals surface area contributed by atoms with Crippen LogP contribution in [0.25, 0.3) is 0 Å². The van der Waals surface area contributed by atoms with Crippen molar-refractivity contribution in [2.45, 2.75) is 24.0 Å². The fraction of sp³-hybridized carbons (Fsp3) is 0.556. The van der Waals surface area contributed by atoms with E-state index in [1.807, 2.05) is 0 Å². The number of thioether (sulfide) groups is 1. The van der Waals surface area contributed by atoms with Crippen molar-refractivity contribution in [2.75, 3.05) is 12.3 Å². The van der Waals surface area contributed by atoms with Gasteiger partial charge in [0.25, 0.3) is 0 Å². The fourth-order valence-electron chi connectivity index (χ4n) is 1.20. The van der Waals surface area contributed by atoms with Gasteiger partial charge in [-0.05, 0) is 23.3 Å². The predicted octanol–water partition coefficient (Wildman–Crippen LogP) is 1.12. The molecule has 0 atom stereocenters. The number of nitrogens with zero attached hydrogens (tertiary/aromatic N) is 4. The van der Waals surface area contributed by atoms with Gasteiger partial charge in [0.2, 0.25) is 11.1 Å². The Balaban J connectivity index is 1.78. The van der Waals surface area contributed by atoms with Gasteiger partial charge in [-0.1, -0.05) is 34.3 Å². The lowest BCUT2D eigenvalue weighted by Gasteiger charge is -2.03. The van der Waals surface area contributed by atoms with Crippen LogP contribution in [0.2, 0.25) is 0 Å². The monoisotopic (exact) mass is 317 g/mol. The first kappa shape index (κ1) is 12.6. The second kappa shape index (κ2) is 5.63. The number of carbonyl (C=O) groups is 1. The first-order chi connectivity index (χ1) is 8.16. The molecule has 8 heteroatoms. The van der Waals surface area contributed by atoms with Crippen LogP contribution in [0, 0.1) is 0 Å². The molecule has 92 valence electrons. The summed E-state index contributed by atoms with van der Waals surface area (Å²) in [5.74, 6) is 0.258. The first-order valence-electron chi connectivity index (χ1n) is 5.17. The van der Waals surface area contributed by atoms with Crippen molar-refractivity contribution in [3.8, 4) is 0 Å². The zero-order valence-corrected chi connectivity index (χ0v) is 11.5. The standard InChI is InChI=1S/C9H12BrN5OS/c1-6(10)4-11-8(16)5-17-9-12-13-14-15(9)7-2-3-7/h7H,1-5H2,(H,11,16). The van der Waals surface area contributed by atoms with E-state index in [1.54, 1.807) is 4.68 Å². The van der Waals surface area contributed by atoms with Crippen LogP contribution in [-0.4, -0.2) is 38.4 Å². The van der Waals surface area contributed by atoms with Gasteiger partial charge in [0.15, 0.2) is 0 Å². The maximum atomic E-state index is 11.5. The Hall–Kier alpha value is -0.890. The highest BCUT2D eigenvalue weighted by molar-refractivity contribution is 9.11. The highest BCUT2D eigenvalue weighted by atomic mass is 79.9. The molecule has 17 heavy (non-hydrogen) atoms. The molecule has 1 aliphatic rings. The van der Waals surface area contributed by atoms with Gasteiger partial charge in [0, 0.05) is 11.0 Å². The summed E-state index contributed by atoms with van der Waals surface area (Å²) >= 11 is 4.53. The number of halogens is 1. The smallest absolute Gasteiger partial charge is 0.230 e. The maximum Gasteiger partial charge on any atom is 0.230 e. The predicted molar refractivity (Wildman–Crippen MR) is 67.9 cm³/mol. The highest BCUT2D eigenvalue weighted by Gasteiger charge is 2.28. The summed E-state index contributed by atoms with van der Waals surface area (Å²) in [5, 5.41) is 14.9. The first-order valence-corrected chi connectivity index (χ1v) is 6.95. The van der Waals surface area contributed by atoms with Crippen molar-refractivity contribution in [3.63, 3.8) is 0 Å². The van der Waals surface area contributed by atoms with E-state index in [0.29, 0.717) is 23.5 Å². The Bertz CT molecular complexity index is 431. The van der Waals surface area contributed by atoms with E-state index in [-0.39, 0.29) is 5.91 Å². The SMILES string of the molecule is C=C(Br)CNC(=O)CSc1nnnn1C1CC1. The summed E-state index contributed by atoms with van der Waals surface area (Å²) in [5.41, 5.74) is 0. The van der Waals surface area contributed by atoms with Crippen molar-refractivity contribution >= 4 is 33.6 Å². The van der Waals surface area contributed by atoms with Crippen molar-refractivity contribution < 1.29 is 4.79 Å². The zero-order chi connectivity index (χ0) is 12.3. The topological polar surface area (TPSA) is 72.7 Å². The Labute approximate surface area is 111 Å². The minimum Gasteiger partial charge on any atom is -0.351 e. The van der Waals surface area contributed by atoms with Crippen LogP contribution in [0.15, 0.2) is 16.2 Å². The van der Waals surface area contributed by atoms with Crippen LogP contribution in [0.4, 0.5) is 0 Å². The Morgan fingerprint density at radius 1 is 1.65 bits per heavy atom. The van der Waals surface area contributed by atoms with Crippen LogP contribution in [0.5, 0.6) is 0 Å². The molecule has 1 N–H and O–H groups in total. The van der Waals surface area contributed by atoms with Crippen LogP contribution >= 0.6 is 27.7 Å². The number of tetrazole rings is 1. The molecule has 1 saturated carbocycles. The number of amides is 1. The number of nitrogens with one attached hydrogen (secondary N) is 1. The molecule has 0 radical (unpaired) electrons. The molecule has 2 rings (SSSR count). The molecule has 1 aromatic heterocycles. The summed E-state index contributed by atoms with van der Waals surface area (Å²) in [6, 6.07) is 0.429. The molecule has 1 amide bonds. The van der Waals surface area contributed by atoms with E-state index in [9.17, 15) is 4.79 Å². The van der Waals surface area contributed by atoms with Gasteiger partial charge >= 0.3 is 0 Å². The average molecular weight is 318 g/mol. The minimum absolute atomic E-state index is 0.0547. The number of rotatable bonds is 6. The summed E-state index contributed by atoms with van der Waals surface area (Å²) in [6.07, 6.45) is 2.24. The normalized spacial score (nSPS) is 14.6. The second-order valence-corrected chi connectivity index (χ2v) is 5.78. The third-order valence-electron chi connectivity index (χ3n) is 2.17. The van der Waals surface area contributed by atoms with Crippen LogP contribution in [0.1, 0.15) is 18.9 Å². The lowest BCUT2D eigenvalue weighted by atomic mass is 10.6. The largest absolute Gasteiger partial charge is 0.351 e. The molecule has 1 aliphatic carbocycles. The summed E-state index contributed by atoms with van der Waals surface area (Å²) in [6.45, 7) is 4.08. The summed E-state index contributed by atoms with van der Waals surface area (Å²) < 4.78 is 2.54. The van der Waals surface area contributed by atoms with Gasteiger partial charge in [-0.25, -0.2) is 4.68 Å². The molecule has 0 aromatic carbocycles. The number of aromatic nitrogens is 4. The fourth-order valence-corrected chi connectivity index (χ4v) is 2.12. The van der Waals surface area contributed by atoms with Gasteiger partial charge < -0.3 is 5.32 Å². The van der Waals surface area contributed by atoms with Crippen molar-refractivity contribution in [2.24, 2.45) is 0 Å². The number of hydrogen-bond donors (Lipinski definition) is 1. The van der Waals surface area contributed by atoms with Crippen molar-refractivity contribution in [3.05, 3.63) is 11.1 Å². The molecular formula is C9H12BrN5OS. The van der Waals surface area contributed by atoms with E-state index >= 15 is 0 Å². The van der Waals surface area contributed by atoms with Crippen molar-refractivity contribution in [1.29, 1.82) is 0 Å². The molecule has 1 fully saturated rings. The molecule has 0 unspecified atom stereocenters. The molecule has 1 heterocycles. The molecule has 1 aromatic rings. The van der Waals surface area contributed by atoms with Crippen LogP contribution in [0.3, 0.4) is 0 Å². The minimum atomic E-state index is -0.0547. The highest BCUT2D eigenvalue weighted by Crippen LogP contribution is 2.36. The summed E-state index contributed by atoms with van der Waals surface area (Å²) in [4.78, 5) is 11.5. The number of hydrogen-bond acceptors (Lipinski definition) is 5. The number of carbonyl (C=O) groups excluding carboxylic acids is 1. The van der Waals surface area contributed by atoms with E-state index in [2.05, 4.69) is 43.4 Å². The Morgan fingerprint density at radius 3 is 3.06 bits per heavy atom. The second-order valence-electron chi connectivity index (χ2n) is 3.72. The van der Waals surface area contributed by atoms with Gasteiger partial charge in [-0.2, -0.15) is 0 Å². The Morgan fingerprint density at radius 2 is 2.41 bits per heavy atom. The molecule has 0 saturated heterocycles. The molecule has 6 nitrogen and oxygen atoms in total. The lowest BCUT2D eigenvalue weighted by molar-refractivity contribution is -0.118. The third-order valence-corrected chi connectivity index (χ3v) is 3.38. The zero-order valence-electron chi connectivity index (χ0n) is 9.10. The van der Waals surface area contributed by atoms with Crippen LogP contribution < -0.4 is 5.32 Å². The van der Waals surface area contributed by atoms with Gasteiger partial charge in [-0.15, -0.1) is 5.10 Å². The average Bonchev–Trinajstić information content (AvgIpc) is 3.03. The third kappa shape index (κ3) is 3.81. The van der Waals surface area contributed by atoms with E-state index in [0.717, 1.165) is 17.3 Å². The van der Waals surface area contributed by atoms with Crippen LogP contribution in [-0.2, 0) is 4.79 Å². The van der Waals surface area contributed by atoms with Gasteiger partial charge in [0.05, 0.1) is 11.8 Å². The Kier molecular flexibility index (Phi) is 4.16. The maximum absolute atomic E-state index is 11.5. The van der Waals surface area contributed by atoms with E-state index < -0.39 is 0 Å². The molecule has 0 aliphatic heterocycles. The quantitative estimate of drug-likeness (QED) is 0.796. The summed E-state index contributed by atoms with van der Waals surface area (Å²) in [7, 11) is 0. The molecular weight excluding hydrogens is 306 g/mol. The molecule has 0 bridgehead atoms. The van der Waals surface area contributed by atoms with Gasteiger partial charge in [0.1, 0.15) is 0 Å². The van der Waals surface area contributed by atoms with E-state index in [1.165, 1.54) is 11.8 Å². The van der Waals surface area contributed by atoms with Gasteiger partial charge in [-0.3, -0.25) is 4.79 Å².